The molecule has 1 aromatic rings. The van der Waals surface area contributed by atoms with Gasteiger partial charge in [0.1, 0.15) is 0 Å². The van der Waals surface area contributed by atoms with Crippen molar-refractivity contribution in [1.29, 1.82) is 0 Å². The topological polar surface area (TPSA) is 29.3 Å². The first-order chi connectivity index (χ1) is 8.49. The first-order valence-corrected chi connectivity index (χ1v) is 7.88. The van der Waals surface area contributed by atoms with Gasteiger partial charge in [0.2, 0.25) is 0 Å². The van der Waals surface area contributed by atoms with Gasteiger partial charge in [-0.25, -0.2) is 0 Å². The van der Waals surface area contributed by atoms with Crippen LogP contribution in [0.2, 0.25) is 0 Å². The first kappa shape index (κ1) is 14.0. The Hall–Kier alpha value is -0.380. The maximum absolute atomic E-state index is 6.29. The van der Waals surface area contributed by atoms with E-state index in [1.165, 1.54) is 22.6 Å². The molecule has 3 heteroatoms. The van der Waals surface area contributed by atoms with Gasteiger partial charge in [-0.05, 0) is 44.7 Å². The van der Waals surface area contributed by atoms with E-state index >= 15 is 0 Å². The van der Waals surface area contributed by atoms with E-state index in [1.807, 2.05) is 11.3 Å². The van der Waals surface area contributed by atoms with Crippen LogP contribution in [0.3, 0.4) is 0 Å². The average Bonchev–Trinajstić information content (AvgIpc) is 3.01. The summed E-state index contributed by atoms with van der Waals surface area (Å²) in [4.78, 5) is 5.48. The fourth-order valence-electron chi connectivity index (χ4n) is 2.65. The summed E-state index contributed by atoms with van der Waals surface area (Å²) >= 11 is 1.90. The molecule has 0 radical (unpaired) electrons. The van der Waals surface area contributed by atoms with E-state index in [0.717, 1.165) is 12.6 Å². The summed E-state index contributed by atoms with van der Waals surface area (Å²) in [6.45, 7) is 10.1. The van der Waals surface area contributed by atoms with Gasteiger partial charge < -0.3 is 5.73 Å². The zero-order chi connectivity index (χ0) is 13.3. The summed E-state index contributed by atoms with van der Waals surface area (Å²) in [6.07, 6.45) is 2.70. The molecule has 2 atom stereocenters. The van der Waals surface area contributed by atoms with Crippen LogP contribution in [0.1, 0.15) is 49.4 Å². The molecule has 0 aromatic carbocycles. The molecule has 1 aliphatic carbocycles. The van der Waals surface area contributed by atoms with Crippen LogP contribution < -0.4 is 5.73 Å². The highest BCUT2D eigenvalue weighted by Crippen LogP contribution is 2.38. The third kappa shape index (κ3) is 3.34. The van der Waals surface area contributed by atoms with Crippen LogP contribution in [0.5, 0.6) is 0 Å². The van der Waals surface area contributed by atoms with E-state index in [2.05, 4.69) is 44.7 Å². The highest BCUT2D eigenvalue weighted by Gasteiger charge is 2.36. The molecular weight excluding hydrogens is 240 g/mol. The van der Waals surface area contributed by atoms with Gasteiger partial charge in [-0.2, -0.15) is 0 Å². The molecule has 2 nitrogen and oxygen atoms in total. The van der Waals surface area contributed by atoms with E-state index in [1.54, 1.807) is 0 Å². The minimum atomic E-state index is 0.197. The Balaban J connectivity index is 2.21. The number of hydrogen-bond donors (Lipinski definition) is 1. The molecule has 18 heavy (non-hydrogen) atoms. The standard InChI is InChI=1S/C15H26N2S/c1-10(2)9-17(13-6-7-13)15(12(4)16)14-8-5-11(3)18-14/h5,8,10,12-13,15H,6-7,9,16H2,1-4H3. The van der Waals surface area contributed by atoms with Crippen molar-refractivity contribution < 1.29 is 0 Å². The van der Waals surface area contributed by atoms with Gasteiger partial charge in [0.25, 0.3) is 0 Å². The molecule has 0 spiro atoms. The van der Waals surface area contributed by atoms with Gasteiger partial charge in [0.05, 0.1) is 6.04 Å². The lowest BCUT2D eigenvalue weighted by Gasteiger charge is -2.35. The van der Waals surface area contributed by atoms with Gasteiger partial charge >= 0.3 is 0 Å². The zero-order valence-corrected chi connectivity index (χ0v) is 12.8. The molecule has 1 heterocycles. The molecule has 1 aliphatic rings. The van der Waals surface area contributed by atoms with Gasteiger partial charge in [0, 0.05) is 28.4 Å². The number of nitrogens with zero attached hydrogens (tertiary/aromatic N) is 1. The minimum absolute atomic E-state index is 0.197. The van der Waals surface area contributed by atoms with Crippen LogP contribution in [0.4, 0.5) is 0 Å². The molecule has 0 saturated heterocycles. The van der Waals surface area contributed by atoms with Crippen molar-refractivity contribution in [2.45, 2.75) is 58.7 Å². The second-order valence-electron chi connectivity index (χ2n) is 6.07. The van der Waals surface area contributed by atoms with Gasteiger partial charge in [-0.1, -0.05) is 13.8 Å². The summed E-state index contributed by atoms with van der Waals surface area (Å²) in [5.41, 5.74) is 6.29. The fraction of sp³-hybridized carbons (Fsp3) is 0.733. The molecule has 2 N–H and O–H groups in total. The summed E-state index contributed by atoms with van der Waals surface area (Å²) < 4.78 is 0. The average molecular weight is 266 g/mol. The Kier molecular flexibility index (Phi) is 4.46. The zero-order valence-electron chi connectivity index (χ0n) is 12.0. The summed E-state index contributed by atoms with van der Waals surface area (Å²) in [7, 11) is 0. The molecule has 102 valence electrons. The first-order valence-electron chi connectivity index (χ1n) is 7.06. The number of hydrogen-bond acceptors (Lipinski definition) is 3. The van der Waals surface area contributed by atoms with Crippen LogP contribution in [-0.2, 0) is 0 Å². The Bertz CT molecular complexity index is 380. The number of rotatable bonds is 6. The third-order valence-corrected chi connectivity index (χ3v) is 4.57. The predicted molar refractivity (Wildman–Crippen MR) is 80.0 cm³/mol. The van der Waals surface area contributed by atoms with Crippen LogP contribution in [0, 0.1) is 12.8 Å². The van der Waals surface area contributed by atoms with Crippen molar-refractivity contribution >= 4 is 11.3 Å². The molecule has 1 fully saturated rings. The second-order valence-corrected chi connectivity index (χ2v) is 7.39. The van der Waals surface area contributed by atoms with Crippen LogP contribution >= 0.6 is 11.3 Å². The van der Waals surface area contributed by atoms with Crippen molar-refractivity contribution in [2.24, 2.45) is 11.7 Å². The smallest absolute Gasteiger partial charge is 0.0593 e. The molecule has 2 rings (SSSR count). The molecule has 1 aromatic heterocycles. The van der Waals surface area contributed by atoms with E-state index < -0.39 is 0 Å². The predicted octanol–water partition coefficient (Wildman–Crippen LogP) is 3.57. The number of thiophene rings is 1. The maximum Gasteiger partial charge on any atom is 0.0593 e. The van der Waals surface area contributed by atoms with Crippen molar-refractivity contribution in [3.8, 4) is 0 Å². The Morgan fingerprint density at radius 3 is 2.39 bits per heavy atom. The monoisotopic (exact) mass is 266 g/mol. The van der Waals surface area contributed by atoms with Crippen molar-refractivity contribution in [1.82, 2.24) is 4.90 Å². The van der Waals surface area contributed by atoms with Gasteiger partial charge in [0.15, 0.2) is 0 Å². The third-order valence-electron chi connectivity index (χ3n) is 3.50. The van der Waals surface area contributed by atoms with Gasteiger partial charge in [-0.3, -0.25) is 4.90 Å². The molecule has 0 amide bonds. The highest BCUT2D eigenvalue weighted by atomic mass is 32.1. The second kappa shape index (κ2) is 5.72. The molecular formula is C15H26N2S. The molecule has 1 saturated carbocycles. The normalized spacial score (nSPS) is 19.5. The van der Waals surface area contributed by atoms with E-state index in [0.29, 0.717) is 12.0 Å². The number of nitrogens with two attached hydrogens (primary N) is 1. The van der Waals surface area contributed by atoms with E-state index in [4.69, 9.17) is 5.73 Å². The quantitative estimate of drug-likeness (QED) is 0.853. The fourth-order valence-corrected chi connectivity index (χ4v) is 3.77. The Labute approximate surface area is 115 Å². The van der Waals surface area contributed by atoms with Crippen LogP contribution in [-0.4, -0.2) is 23.5 Å². The lowest BCUT2D eigenvalue weighted by Crippen LogP contribution is -2.42. The van der Waals surface area contributed by atoms with E-state index in [-0.39, 0.29) is 6.04 Å². The molecule has 0 aliphatic heterocycles. The van der Waals surface area contributed by atoms with Crippen molar-refractivity contribution in [3.63, 3.8) is 0 Å². The molecule has 0 bridgehead atoms. The van der Waals surface area contributed by atoms with Crippen LogP contribution in [0.25, 0.3) is 0 Å². The van der Waals surface area contributed by atoms with Crippen molar-refractivity contribution in [2.75, 3.05) is 6.54 Å². The summed E-state index contributed by atoms with van der Waals surface area (Å²) in [5, 5.41) is 0. The largest absolute Gasteiger partial charge is 0.326 e. The highest BCUT2D eigenvalue weighted by molar-refractivity contribution is 7.12. The van der Waals surface area contributed by atoms with Crippen LogP contribution in [0.15, 0.2) is 12.1 Å². The SMILES string of the molecule is Cc1ccc(C(C(C)N)N(CC(C)C)C2CC2)s1. The summed E-state index contributed by atoms with van der Waals surface area (Å²) in [5.74, 6) is 0.702. The minimum Gasteiger partial charge on any atom is -0.326 e. The summed E-state index contributed by atoms with van der Waals surface area (Å²) in [6, 6.07) is 5.85. The van der Waals surface area contributed by atoms with Crippen molar-refractivity contribution in [3.05, 3.63) is 21.9 Å². The number of aryl methyl sites for hydroxylation is 1. The van der Waals surface area contributed by atoms with Gasteiger partial charge in [-0.15, -0.1) is 11.3 Å². The Morgan fingerprint density at radius 2 is 2.00 bits per heavy atom. The lowest BCUT2D eigenvalue weighted by atomic mass is 10.0. The Morgan fingerprint density at radius 1 is 1.33 bits per heavy atom. The lowest BCUT2D eigenvalue weighted by molar-refractivity contribution is 0.150. The maximum atomic E-state index is 6.29. The molecule has 2 unspecified atom stereocenters. The van der Waals surface area contributed by atoms with E-state index in [9.17, 15) is 0 Å².